The van der Waals surface area contributed by atoms with E-state index in [-0.39, 0.29) is 10.8 Å². The van der Waals surface area contributed by atoms with Gasteiger partial charge < -0.3 is 9.15 Å². The molecule has 1 aliphatic rings. The second-order valence-electron chi connectivity index (χ2n) is 7.07. The molecule has 1 saturated heterocycles. The van der Waals surface area contributed by atoms with Gasteiger partial charge in [-0.3, -0.25) is 0 Å². The first-order valence-corrected chi connectivity index (χ1v) is 11.3. The van der Waals surface area contributed by atoms with Crippen molar-refractivity contribution in [2.45, 2.75) is 37.5 Å². The predicted octanol–water partition coefficient (Wildman–Crippen LogP) is 2.80. The van der Waals surface area contributed by atoms with E-state index in [2.05, 4.69) is 20.2 Å². The fourth-order valence-electron chi connectivity index (χ4n) is 3.50. The van der Waals surface area contributed by atoms with Gasteiger partial charge in [0, 0.05) is 19.3 Å². The lowest BCUT2D eigenvalue weighted by atomic mass is 10.00. The molecule has 0 radical (unpaired) electrons. The lowest BCUT2D eigenvalue weighted by Gasteiger charge is -2.30. The third-order valence-corrected chi connectivity index (χ3v) is 6.97. The molecule has 10 heteroatoms. The molecule has 1 aliphatic heterocycles. The Bertz CT molecular complexity index is 1110. The van der Waals surface area contributed by atoms with Crippen molar-refractivity contribution >= 4 is 10.0 Å². The van der Waals surface area contributed by atoms with Crippen LogP contribution >= 0.6 is 0 Å². The van der Waals surface area contributed by atoms with Gasteiger partial charge in [0.15, 0.2) is 0 Å². The Labute approximate surface area is 175 Å². The molecule has 9 nitrogen and oxygen atoms in total. The zero-order valence-electron chi connectivity index (χ0n) is 16.9. The Balaban J connectivity index is 1.53. The Morgan fingerprint density at radius 3 is 2.77 bits per heavy atom. The van der Waals surface area contributed by atoms with Crippen LogP contribution in [-0.4, -0.2) is 52.6 Å². The molecule has 3 heterocycles. The molecule has 0 spiro atoms. The van der Waals surface area contributed by atoms with Gasteiger partial charge in [0.2, 0.25) is 15.9 Å². The second kappa shape index (κ2) is 8.49. The first-order chi connectivity index (χ1) is 14.5. The van der Waals surface area contributed by atoms with Gasteiger partial charge in [-0.05, 0) is 51.0 Å². The van der Waals surface area contributed by atoms with E-state index < -0.39 is 10.0 Å². The van der Waals surface area contributed by atoms with Crippen LogP contribution in [0.25, 0.3) is 11.5 Å². The summed E-state index contributed by atoms with van der Waals surface area (Å²) >= 11 is 0. The fraction of sp³-hybridized carbons (Fsp3) is 0.400. The van der Waals surface area contributed by atoms with Crippen molar-refractivity contribution in [3.05, 3.63) is 48.4 Å². The number of sulfonamides is 1. The highest BCUT2D eigenvalue weighted by atomic mass is 32.2. The Morgan fingerprint density at radius 1 is 1.23 bits per heavy atom. The topological polar surface area (TPSA) is 111 Å². The van der Waals surface area contributed by atoms with E-state index in [1.54, 1.807) is 30.5 Å². The number of aryl methyl sites for hydroxylation is 1. The van der Waals surface area contributed by atoms with Crippen molar-refractivity contribution in [1.82, 2.24) is 24.5 Å². The van der Waals surface area contributed by atoms with Gasteiger partial charge in [-0.2, -0.15) is 4.31 Å². The van der Waals surface area contributed by atoms with Crippen LogP contribution < -0.4 is 4.74 Å². The lowest BCUT2D eigenvalue weighted by molar-refractivity contribution is 0.286. The summed E-state index contributed by atoms with van der Waals surface area (Å²) in [5, 5.41) is 8.28. The van der Waals surface area contributed by atoms with Crippen molar-refractivity contribution in [1.29, 1.82) is 0 Å². The smallest absolute Gasteiger partial charge is 0.251 e. The van der Waals surface area contributed by atoms with Crippen molar-refractivity contribution in [3.8, 4) is 17.2 Å². The molecule has 0 N–H and O–H groups in total. The average molecular weight is 430 g/mol. The zero-order chi connectivity index (χ0) is 21.1. The van der Waals surface area contributed by atoms with Crippen LogP contribution in [0.15, 0.2) is 46.1 Å². The normalized spacial score (nSPS) is 17.7. The minimum Gasteiger partial charge on any atom is -0.494 e. The summed E-state index contributed by atoms with van der Waals surface area (Å²) in [5.74, 6) is 1.25. The van der Waals surface area contributed by atoms with Crippen LogP contribution in [0.1, 0.15) is 37.3 Å². The quantitative estimate of drug-likeness (QED) is 0.588. The molecule has 1 atom stereocenters. The Kier molecular flexibility index (Phi) is 5.78. The first-order valence-electron chi connectivity index (χ1n) is 9.82. The molecular formula is C20H23N5O4S. The van der Waals surface area contributed by atoms with Crippen LogP contribution in [-0.2, 0) is 10.0 Å². The zero-order valence-corrected chi connectivity index (χ0v) is 17.7. The number of benzene rings is 1. The summed E-state index contributed by atoms with van der Waals surface area (Å²) in [6, 6.07) is 6.50. The highest BCUT2D eigenvalue weighted by Crippen LogP contribution is 2.31. The summed E-state index contributed by atoms with van der Waals surface area (Å²) in [7, 11) is -3.62. The van der Waals surface area contributed by atoms with Crippen molar-refractivity contribution in [2.75, 3.05) is 19.7 Å². The van der Waals surface area contributed by atoms with Gasteiger partial charge in [0.25, 0.3) is 5.89 Å². The van der Waals surface area contributed by atoms with E-state index in [0.717, 1.165) is 12.1 Å². The number of nitrogens with zero attached hydrogens (tertiary/aromatic N) is 5. The van der Waals surface area contributed by atoms with Crippen molar-refractivity contribution in [3.63, 3.8) is 0 Å². The lowest BCUT2D eigenvalue weighted by Crippen LogP contribution is -2.39. The fourth-order valence-corrected chi connectivity index (χ4v) is 5.02. The number of hydrogen-bond acceptors (Lipinski definition) is 8. The van der Waals surface area contributed by atoms with Crippen LogP contribution in [0, 0.1) is 6.92 Å². The summed E-state index contributed by atoms with van der Waals surface area (Å²) in [6.07, 6.45) is 4.58. The minimum atomic E-state index is -3.62. The maximum absolute atomic E-state index is 13.1. The summed E-state index contributed by atoms with van der Waals surface area (Å²) in [5.41, 5.74) is 1.41. The first kappa shape index (κ1) is 20.4. The summed E-state index contributed by atoms with van der Waals surface area (Å²) in [6.45, 7) is 5.00. The highest BCUT2D eigenvalue weighted by molar-refractivity contribution is 7.89. The van der Waals surface area contributed by atoms with Gasteiger partial charge in [-0.1, -0.05) is 0 Å². The van der Waals surface area contributed by atoms with Crippen LogP contribution in [0.4, 0.5) is 0 Å². The Hall–Kier alpha value is -2.85. The number of hydrogen-bond donors (Lipinski definition) is 0. The van der Waals surface area contributed by atoms with Crippen LogP contribution in [0.2, 0.25) is 0 Å². The molecule has 0 bridgehead atoms. The minimum absolute atomic E-state index is 0.164. The molecule has 158 valence electrons. The molecule has 0 saturated carbocycles. The largest absolute Gasteiger partial charge is 0.494 e. The molecule has 0 unspecified atom stereocenters. The van der Waals surface area contributed by atoms with Gasteiger partial charge >= 0.3 is 0 Å². The molecule has 2 aromatic heterocycles. The molecule has 30 heavy (non-hydrogen) atoms. The molecule has 0 amide bonds. The van der Waals surface area contributed by atoms with Crippen molar-refractivity contribution in [2.24, 2.45) is 0 Å². The molecule has 1 aromatic carbocycles. The maximum atomic E-state index is 13.1. The number of rotatable bonds is 6. The van der Waals surface area contributed by atoms with Gasteiger partial charge in [0.05, 0.1) is 28.7 Å². The third kappa shape index (κ3) is 4.05. The van der Waals surface area contributed by atoms with Crippen LogP contribution in [0.5, 0.6) is 5.75 Å². The number of aromatic nitrogens is 4. The maximum Gasteiger partial charge on any atom is 0.251 e. The van der Waals surface area contributed by atoms with Gasteiger partial charge in [-0.25, -0.2) is 18.4 Å². The summed E-state index contributed by atoms with van der Waals surface area (Å²) < 4.78 is 39.0. The Morgan fingerprint density at radius 2 is 2.03 bits per heavy atom. The van der Waals surface area contributed by atoms with E-state index >= 15 is 0 Å². The average Bonchev–Trinajstić information content (AvgIpc) is 3.25. The summed E-state index contributed by atoms with van der Waals surface area (Å²) in [4.78, 5) is 8.39. The number of ether oxygens (including phenoxy) is 1. The standard InChI is InChI=1S/C20H23N5O4S/c1-3-28-16-6-8-17(9-7-16)30(26,27)25-10-4-5-15(12-25)19-23-24-20(29-19)18-11-21-13-22-14(18)2/h6-9,11,13,15H,3-5,10,12H2,1-2H3/t15-/m1/s1. The molecule has 0 aliphatic carbocycles. The van der Waals surface area contributed by atoms with E-state index in [9.17, 15) is 8.42 Å². The van der Waals surface area contributed by atoms with Crippen LogP contribution in [0.3, 0.4) is 0 Å². The SMILES string of the molecule is CCOc1ccc(S(=O)(=O)N2CCC[C@@H](c3nnc(-c4cncnc4C)o3)C2)cc1. The third-order valence-electron chi connectivity index (χ3n) is 5.09. The predicted molar refractivity (Wildman–Crippen MR) is 108 cm³/mol. The van der Waals surface area contributed by atoms with Crippen molar-refractivity contribution < 1.29 is 17.6 Å². The highest BCUT2D eigenvalue weighted by Gasteiger charge is 2.33. The van der Waals surface area contributed by atoms with E-state index in [1.165, 1.54) is 10.6 Å². The molecule has 1 fully saturated rings. The monoisotopic (exact) mass is 429 g/mol. The van der Waals surface area contributed by atoms with E-state index in [4.69, 9.17) is 9.15 Å². The molecule has 4 rings (SSSR count). The van der Waals surface area contributed by atoms with Gasteiger partial charge in [-0.15, -0.1) is 10.2 Å². The van der Waals surface area contributed by atoms with E-state index in [0.29, 0.717) is 49.2 Å². The van der Waals surface area contributed by atoms with E-state index in [1.807, 2.05) is 13.8 Å². The second-order valence-corrected chi connectivity index (χ2v) is 9.01. The molecular weight excluding hydrogens is 406 g/mol. The van der Waals surface area contributed by atoms with Gasteiger partial charge in [0.1, 0.15) is 12.1 Å². The molecule has 3 aromatic rings. The number of piperidine rings is 1.